The summed E-state index contributed by atoms with van der Waals surface area (Å²) in [6, 6.07) is 0. The molecule has 0 aromatic heterocycles. The van der Waals surface area contributed by atoms with Crippen LogP contribution in [0.15, 0.2) is 0 Å². The Morgan fingerprint density at radius 2 is 1.85 bits per heavy atom. The summed E-state index contributed by atoms with van der Waals surface area (Å²) in [6.07, 6.45) is 4.15. The Hall–Kier alpha value is -0.740. The Kier molecular flexibility index (Phi) is 5.50. The van der Waals surface area contributed by atoms with E-state index in [0.29, 0.717) is 18.7 Å². The quantitative estimate of drug-likeness (QED) is 0.485. The largest absolute Gasteiger partial charge is 0.412 e. The molecule has 0 aliphatic heterocycles. The van der Waals surface area contributed by atoms with Crippen LogP contribution in [0.4, 0.5) is 0 Å². The van der Waals surface area contributed by atoms with Gasteiger partial charge in [0.25, 0.3) is 0 Å². The molecule has 0 bridgehead atoms. The third-order valence-corrected chi connectivity index (χ3v) is 2.70. The maximum atomic E-state index is 11.0. The summed E-state index contributed by atoms with van der Waals surface area (Å²) in [4.78, 5) is 21.1. The van der Waals surface area contributed by atoms with Gasteiger partial charge in [0, 0.05) is 5.92 Å². The lowest BCUT2D eigenvalue weighted by Crippen LogP contribution is -2.26. The number of nitrogens with two attached hydrogens (primary N) is 1. The van der Waals surface area contributed by atoms with Gasteiger partial charge in [0.1, 0.15) is 0 Å². The molecule has 4 N–H and O–H groups in total. The van der Waals surface area contributed by atoms with Crippen molar-refractivity contribution in [3.63, 3.8) is 0 Å². The van der Waals surface area contributed by atoms with E-state index in [2.05, 4.69) is 0 Å². The van der Waals surface area contributed by atoms with Crippen LogP contribution in [-0.2, 0) is 9.59 Å². The molecule has 0 heterocycles. The number of rotatable bonds is 3. The predicted molar refractivity (Wildman–Crippen MR) is 49.2 cm³/mol. The van der Waals surface area contributed by atoms with Gasteiger partial charge in [0.05, 0.1) is 0 Å². The molecule has 1 saturated carbocycles. The van der Waals surface area contributed by atoms with E-state index in [1.807, 2.05) is 0 Å². The predicted octanol–water partition coefficient (Wildman–Crippen LogP) is -0.305. The van der Waals surface area contributed by atoms with Gasteiger partial charge >= 0.3 is 0 Å². The van der Waals surface area contributed by atoms with E-state index in [4.69, 9.17) is 5.73 Å². The zero-order chi connectivity index (χ0) is 8.97. The van der Waals surface area contributed by atoms with E-state index in [9.17, 15) is 9.59 Å². The zero-order valence-corrected chi connectivity index (χ0v) is 7.66. The van der Waals surface area contributed by atoms with Crippen LogP contribution in [0, 0.1) is 11.8 Å². The molecule has 4 nitrogen and oxygen atoms in total. The number of Topliss-reactive ketones (excluding diaryl/α,β-unsaturated/α-hetero) is 1. The first kappa shape index (κ1) is 12.3. The number of carbonyl (C=O) groups excluding carboxylic acids is 2. The van der Waals surface area contributed by atoms with Gasteiger partial charge in [0.15, 0.2) is 12.1 Å². The second-order valence-corrected chi connectivity index (χ2v) is 3.47. The fraction of sp³-hybridized carbons (Fsp3) is 0.778. The Balaban J connectivity index is 0.00000144. The highest BCUT2D eigenvalue weighted by Gasteiger charge is 2.24. The molecule has 0 radical (unpaired) electrons. The van der Waals surface area contributed by atoms with Crippen LogP contribution in [0.2, 0.25) is 0 Å². The molecule has 76 valence electrons. The van der Waals surface area contributed by atoms with E-state index in [1.54, 1.807) is 0 Å². The van der Waals surface area contributed by atoms with E-state index in [-0.39, 0.29) is 17.2 Å². The molecule has 0 amide bonds. The van der Waals surface area contributed by atoms with Crippen LogP contribution >= 0.6 is 0 Å². The van der Waals surface area contributed by atoms with Crippen molar-refractivity contribution in [3.8, 4) is 0 Å². The van der Waals surface area contributed by atoms with Gasteiger partial charge in [0.2, 0.25) is 0 Å². The summed E-state index contributed by atoms with van der Waals surface area (Å²) >= 11 is 0. The number of ketones is 1. The van der Waals surface area contributed by atoms with Gasteiger partial charge in [-0.2, -0.15) is 0 Å². The topological polar surface area (TPSA) is 91.7 Å². The van der Waals surface area contributed by atoms with Gasteiger partial charge in [-0.05, 0) is 38.1 Å². The second-order valence-electron chi connectivity index (χ2n) is 3.47. The van der Waals surface area contributed by atoms with Crippen molar-refractivity contribution in [1.29, 1.82) is 0 Å². The Labute approximate surface area is 77.8 Å². The Bertz CT molecular complexity index is 174. The van der Waals surface area contributed by atoms with Crippen molar-refractivity contribution in [2.24, 2.45) is 17.6 Å². The normalized spacial score (nSPS) is 27.5. The molecular weight excluding hydrogens is 170 g/mol. The van der Waals surface area contributed by atoms with Crippen LogP contribution in [0.1, 0.15) is 25.7 Å². The zero-order valence-electron chi connectivity index (χ0n) is 7.66. The average molecular weight is 187 g/mol. The lowest BCUT2D eigenvalue weighted by molar-refractivity contribution is -0.133. The second kappa shape index (κ2) is 5.83. The Morgan fingerprint density at radius 1 is 1.31 bits per heavy atom. The molecular formula is C9H17NO3. The van der Waals surface area contributed by atoms with Crippen LogP contribution in [0.3, 0.4) is 0 Å². The number of aldehydes is 1. The summed E-state index contributed by atoms with van der Waals surface area (Å²) < 4.78 is 0. The molecule has 4 heteroatoms. The van der Waals surface area contributed by atoms with Crippen molar-refractivity contribution in [3.05, 3.63) is 0 Å². The molecule has 0 spiro atoms. The standard InChI is InChI=1S/C9H15NO2.H2O/c10-5-7-1-3-8(4-2-7)9(12)6-11;/h6-8H,1-5,10H2;1H2. The highest BCUT2D eigenvalue weighted by atomic mass is 16.2. The minimum atomic E-state index is -0.231. The van der Waals surface area contributed by atoms with E-state index in [1.165, 1.54) is 0 Å². The fourth-order valence-electron chi connectivity index (χ4n) is 1.78. The maximum absolute atomic E-state index is 11.0. The van der Waals surface area contributed by atoms with Crippen molar-refractivity contribution in [2.45, 2.75) is 25.7 Å². The van der Waals surface area contributed by atoms with Crippen LogP contribution in [0.25, 0.3) is 0 Å². The molecule has 0 atom stereocenters. The third-order valence-electron chi connectivity index (χ3n) is 2.70. The van der Waals surface area contributed by atoms with Gasteiger partial charge in [-0.25, -0.2) is 0 Å². The lowest BCUT2D eigenvalue weighted by atomic mass is 9.80. The van der Waals surface area contributed by atoms with Crippen LogP contribution < -0.4 is 5.73 Å². The SMILES string of the molecule is NCC1CCC(C(=O)C=O)CC1.O. The molecule has 0 unspecified atom stereocenters. The molecule has 1 aliphatic rings. The molecule has 0 saturated heterocycles. The lowest BCUT2D eigenvalue weighted by Gasteiger charge is -2.25. The summed E-state index contributed by atoms with van der Waals surface area (Å²) in [6.45, 7) is 0.710. The smallest absolute Gasteiger partial charge is 0.198 e. The monoisotopic (exact) mass is 187 g/mol. The van der Waals surface area contributed by atoms with E-state index in [0.717, 1.165) is 25.7 Å². The minimum absolute atomic E-state index is 0. The third kappa shape index (κ3) is 3.24. The fourth-order valence-corrected chi connectivity index (χ4v) is 1.78. The first-order valence-electron chi connectivity index (χ1n) is 4.47. The Morgan fingerprint density at radius 3 is 2.23 bits per heavy atom. The van der Waals surface area contributed by atoms with Gasteiger partial charge in [-0.15, -0.1) is 0 Å². The summed E-state index contributed by atoms with van der Waals surface area (Å²) in [5.74, 6) is 0.330. The molecule has 1 aliphatic carbocycles. The molecule has 0 aromatic rings. The molecule has 13 heavy (non-hydrogen) atoms. The first-order chi connectivity index (χ1) is 5.77. The first-order valence-corrected chi connectivity index (χ1v) is 4.47. The average Bonchev–Trinajstić information content (AvgIpc) is 2.17. The van der Waals surface area contributed by atoms with Crippen molar-refractivity contribution in [2.75, 3.05) is 6.54 Å². The number of carbonyl (C=O) groups is 2. The summed E-state index contributed by atoms with van der Waals surface area (Å²) in [7, 11) is 0. The molecule has 1 rings (SSSR count). The maximum Gasteiger partial charge on any atom is 0.198 e. The van der Waals surface area contributed by atoms with Crippen LogP contribution in [-0.4, -0.2) is 24.1 Å². The number of hydrogen-bond acceptors (Lipinski definition) is 3. The van der Waals surface area contributed by atoms with E-state index < -0.39 is 0 Å². The highest BCUT2D eigenvalue weighted by molar-refractivity contribution is 6.25. The van der Waals surface area contributed by atoms with Crippen molar-refractivity contribution >= 4 is 12.1 Å². The summed E-state index contributed by atoms with van der Waals surface area (Å²) in [5.41, 5.74) is 5.50. The molecule has 0 aromatic carbocycles. The highest BCUT2D eigenvalue weighted by Crippen LogP contribution is 2.28. The van der Waals surface area contributed by atoms with Crippen LogP contribution in [0.5, 0.6) is 0 Å². The van der Waals surface area contributed by atoms with Crippen molar-refractivity contribution < 1.29 is 15.1 Å². The number of hydrogen-bond donors (Lipinski definition) is 1. The molecule has 1 fully saturated rings. The van der Waals surface area contributed by atoms with Gasteiger partial charge in [-0.1, -0.05) is 0 Å². The van der Waals surface area contributed by atoms with Gasteiger partial charge in [-0.3, -0.25) is 9.59 Å². The van der Waals surface area contributed by atoms with E-state index >= 15 is 0 Å². The summed E-state index contributed by atoms with van der Waals surface area (Å²) in [5, 5.41) is 0. The minimum Gasteiger partial charge on any atom is -0.412 e. The van der Waals surface area contributed by atoms with Gasteiger partial charge < -0.3 is 11.2 Å². The van der Waals surface area contributed by atoms with Crippen molar-refractivity contribution in [1.82, 2.24) is 0 Å².